The van der Waals surface area contributed by atoms with Gasteiger partial charge in [0.05, 0.1) is 0 Å². The van der Waals surface area contributed by atoms with E-state index in [1.807, 2.05) is 24.3 Å². The largest absolute Gasteiger partial charge is 0.543 e. The van der Waals surface area contributed by atoms with Gasteiger partial charge in [0.25, 0.3) is 0 Å². The highest BCUT2D eigenvalue weighted by atomic mass is 28.4. The van der Waals surface area contributed by atoms with Gasteiger partial charge in [-0.05, 0) is 72.6 Å². The van der Waals surface area contributed by atoms with Crippen molar-refractivity contribution in [1.82, 2.24) is 0 Å². The number of aryl methyl sites for hydroxylation is 1. The lowest BCUT2D eigenvalue weighted by molar-refractivity contribution is 0.475. The Morgan fingerprint density at radius 1 is 0.839 bits per heavy atom. The molecule has 0 atom stereocenters. The van der Waals surface area contributed by atoms with Crippen LogP contribution < -0.4 is 4.43 Å². The summed E-state index contributed by atoms with van der Waals surface area (Å²) in [6, 6.07) is 21.8. The van der Waals surface area contributed by atoms with Gasteiger partial charge in [-0.25, -0.2) is 0 Å². The fourth-order valence-corrected chi connectivity index (χ4v) is 4.44. The monoisotopic (exact) mass is 430 g/mol. The van der Waals surface area contributed by atoms with E-state index >= 15 is 0 Å². The molecule has 4 aromatic rings. The number of rotatable bonds is 4. The number of phenols is 1. The maximum atomic E-state index is 9.67. The minimum atomic E-state index is -1.91. The standard InChI is InChI=1S/C27H30O3Si/c1-18-7-13-23(24(15-18)19-8-10-21(28)11-9-19)26-17-20-16-22(12-14-25(20)29-26)30-31(5,6)27(2,3)4/h7-17,28H,1-6H3. The molecule has 4 rings (SSSR count). The summed E-state index contributed by atoms with van der Waals surface area (Å²) >= 11 is 0. The highest BCUT2D eigenvalue weighted by Gasteiger charge is 2.39. The normalized spacial score (nSPS) is 12.3. The summed E-state index contributed by atoms with van der Waals surface area (Å²) in [6.07, 6.45) is 0. The Hall–Kier alpha value is -2.98. The molecule has 3 nitrogen and oxygen atoms in total. The number of benzene rings is 3. The molecule has 1 heterocycles. The van der Waals surface area contributed by atoms with Crippen molar-refractivity contribution in [2.45, 2.75) is 45.8 Å². The number of phenolic OH excluding ortho intramolecular Hbond substituents is 1. The molecule has 0 unspecified atom stereocenters. The molecule has 0 bridgehead atoms. The SMILES string of the molecule is Cc1ccc(-c2cc3cc(O[Si](C)(C)C(C)(C)C)ccc3o2)c(-c2ccc(O)cc2)c1. The molecule has 0 aliphatic carbocycles. The molecule has 0 fully saturated rings. The Morgan fingerprint density at radius 3 is 2.23 bits per heavy atom. The van der Waals surface area contributed by atoms with Gasteiger partial charge in [0.2, 0.25) is 8.32 Å². The van der Waals surface area contributed by atoms with Crippen molar-refractivity contribution in [2.24, 2.45) is 0 Å². The second kappa shape index (κ2) is 7.61. The van der Waals surface area contributed by atoms with Gasteiger partial charge in [0, 0.05) is 10.9 Å². The second-order valence-electron chi connectivity index (χ2n) is 9.77. The zero-order chi connectivity index (χ0) is 22.4. The van der Waals surface area contributed by atoms with Crippen LogP contribution in [0.15, 0.2) is 71.1 Å². The summed E-state index contributed by atoms with van der Waals surface area (Å²) in [6.45, 7) is 13.3. The maximum absolute atomic E-state index is 9.67. The minimum Gasteiger partial charge on any atom is -0.543 e. The molecular weight excluding hydrogens is 400 g/mol. The Kier molecular flexibility index (Phi) is 5.22. The molecule has 0 aliphatic rings. The number of hydrogen-bond acceptors (Lipinski definition) is 3. The molecule has 160 valence electrons. The van der Waals surface area contributed by atoms with E-state index in [1.54, 1.807) is 12.1 Å². The zero-order valence-corrected chi connectivity index (χ0v) is 20.1. The van der Waals surface area contributed by atoms with Gasteiger partial charge >= 0.3 is 0 Å². The van der Waals surface area contributed by atoms with E-state index in [4.69, 9.17) is 8.84 Å². The van der Waals surface area contributed by atoms with Crippen LogP contribution in [0.1, 0.15) is 26.3 Å². The third-order valence-corrected chi connectivity index (χ3v) is 10.6. The van der Waals surface area contributed by atoms with Gasteiger partial charge in [-0.2, -0.15) is 0 Å². The van der Waals surface area contributed by atoms with Crippen LogP contribution in [0.25, 0.3) is 33.4 Å². The lowest BCUT2D eigenvalue weighted by Gasteiger charge is -2.36. The fourth-order valence-electron chi connectivity index (χ4n) is 3.42. The quantitative estimate of drug-likeness (QED) is 0.332. The summed E-state index contributed by atoms with van der Waals surface area (Å²) in [5.41, 5.74) is 5.16. The van der Waals surface area contributed by atoms with E-state index in [1.165, 1.54) is 5.56 Å². The summed E-state index contributed by atoms with van der Waals surface area (Å²) in [5.74, 6) is 1.98. The van der Waals surface area contributed by atoms with E-state index < -0.39 is 8.32 Å². The van der Waals surface area contributed by atoms with Crippen molar-refractivity contribution >= 4 is 19.3 Å². The van der Waals surface area contributed by atoms with E-state index in [0.717, 1.165) is 39.2 Å². The van der Waals surface area contributed by atoms with Crippen LogP contribution in [0.4, 0.5) is 0 Å². The second-order valence-corrected chi connectivity index (χ2v) is 14.5. The maximum Gasteiger partial charge on any atom is 0.250 e. The molecule has 0 amide bonds. The van der Waals surface area contributed by atoms with E-state index in [0.29, 0.717) is 0 Å². The summed E-state index contributed by atoms with van der Waals surface area (Å²) < 4.78 is 12.7. The Labute approximate surface area is 185 Å². The first-order chi connectivity index (χ1) is 14.5. The zero-order valence-electron chi connectivity index (χ0n) is 19.1. The van der Waals surface area contributed by atoms with Gasteiger partial charge in [-0.1, -0.05) is 56.7 Å². The lowest BCUT2D eigenvalue weighted by atomic mass is 9.96. The highest BCUT2D eigenvalue weighted by Crippen LogP contribution is 2.40. The molecule has 1 N–H and O–H groups in total. The predicted molar refractivity (Wildman–Crippen MR) is 131 cm³/mol. The van der Waals surface area contributed by atoms with Crippen molar-refractivity contribution in [2.75, 3.05) is 0 Å². The van der Waals surface area contributed by atoms with Crippen molar-refractivity contribution in [3.63, 3.8) is 0 Å². The van der Waals surface area contributed by atoms with Crippen LogP contribution in [0.2, 0.25) is 18.1 Å². The van der Waals surface area contributed by atoms with Crippen molar-refractivity contribution in [1.29, 1.82) is 0 Å². The van der Waals surface area contributed by atoms with Crippen LogP contribution in [0.3, 0.4) is 0 Å². The molecular formula is C27H30O3Si. The molecule has 3 aromatic carbocycles. The fraction of sp³-hybridized carbons (Fsp3) is 0.259. The predicted octanol–water partition coefficient (Wildman–Crippen LogP) is 8.16. The lowest BCUT2D eigenvalue weighted by Crippen LogP contribution is -2.43. The molecule has 4 heteroatoms. The van der Waals surface area contributed by atoms with Crippen molar-refractivity contribution in [3.8, 4) is 33.9 Å². The Morgan fingerprint density at radius 2 is 1.55 bits per heavy atom. The smallest absolute Gasteiger partial charge is 0.250 e. The average Bonchev–Trinajstić information content (AvgIpc) is 3.10. The molecule has 0 aliphatic heterocycles. The first kappa shape index (κ1) is 21.3. The number of aromatic hydroxyl groups is 1. The van der Waals surface area contributed by atoms with Crippen LogP contribution in [-0.4, -0.2) is 13.4 Å². The number of fused-ring (bicyclic) bond motifs is 1. The van der Waals surface area contributed by atoms with E-state index in [9.17, 15) is 5.11 Å². The van der Waals surface area contributed by atoms with Crippen LogP contribution in [-0.2, 0) is 0 Å². The third kappa shape index (κ3) is 4.26. The first-order valence-corrected chi connectivity index (χ1v) is 13.6. The van der Waals surface area contributed by atoms with Gasteiger partial charge in [0.1, 0.15) is 22.8 Å². The Balaban J connectivity index is 1.75. The van der Waals surface area contributed by atoms with Gasteiger partial charge < -0.3 is 13.9 Å². The third-order valence-electron chi connectivity index (χ3n) is 6.29. The Bertz CT molecular complexity index is 1230. The van der Waals surface area contributed by atoms with Gasteiger partial charge in [-0.3, -0.25) is 0 Å². The van der Waals surface area contributed by atoms with Crippen LogP contribution in [0, 0.1) is 6.92 Å². The molecule has 0 radical (unpaired) electrons. The first-order valence-electron chi connectivity index (χ1n) is 10.7. The average molecular weight is 431 g/mol. The van der Waals surface area contributed by atoms with Crippen molar-refractivity contribution in [3.05, 3.63) is 72.3 Å². The summed E-state index contributed by atoms with van der Waals surface area (Å²) in [5, 5.41) is 10.8. The van der Waals surface area contributed by atoms with Gasteiger partial charge in [-0.15, -0.1) is 0 Å². The van der Waals surface area contributed by atoms with Crippen molar-refractivity contribution < 1.29 is 13.9 Å². The summed E-state index contributed by atoms with van der Waals surface area (Å²) in [7, 11) is -1.91. The van der Waals surface area contributed by atoms with Crippen LogP contribution >= 0.6 is 0 Å². The molecule has 0 saturated carbocycles. The van der Waals surface area contributed by atoms with E-state index in [-0.39, 0.29) is 10.8 Å². The van der Waals surface area contributed by atoms with Gasteiger partial charge in [0.15, 0.2) is 0 Å². The molecule has 0 spiro atoms. The summed E-state index contributed by atoms with van der Waals surface area (Å²) in [4.78, 5) is 0. The molecule has 0 saturated heterocycles. The van der Waals surface area contributed by atoms with E-state index in [2.05, 4.69) is 71.1 Å². The topological polar surface area (TPSA) is 42.6 Å². The highest BCUT2D eigenvalue weighted by molar-refractivity contribution is 6.74. The minimum absolute atomic E-state index is 0.143. The van der Waals surface area contributed by atoms with Crippen LogP contribution in [0.5, 0.6) is 11.5 Å². The number of hydrogen-bond donors (Lipinski definition) is 1. The molecule has 1 aromatic heterocycles. The molecule has 31 heavy (non-hydrogen) atoms. The number of furan rings is 1.